The Hall–Kier alpha value is -1.16. The first-order chi connectivity index (χ1) is 8.13. The van der Waals surface area contributed by atoms with Crippen molar-refractivity contribution in [1.29, 1.82) is 0 Å². The van der Waals surface area contributed by atoms with Gasteiger partial charge in [0.15, 0.2) is 0 Å². The van der Waals surface area contributed by atoms with Crippen LogP contribution in [0.5, 0.6) is 0 Å². The zero-order valence-corrected chi connectivity index (χ0v) is 10.0. The first-order valence-corrected chi connectivity index (χ1v) is 5.82. The van der Waals surface area contributed by atoms with Crippen LogP contribution in [0, 0.1) is 0 Å². The van der Waals surface area contributed by atoms with Crippen LogP contribution in [0.1, 0.15) is 5.56 Å². The molecule has 0 unspecified atom stereocenters. The monoisotopic (exact) mass is 261 g/mol. The van der Waals surface area contributed by atoms with E-state index in [-0.39, 0.29) is 24.8 Å². The van der Waals surface area contributed by atoms with Crippen molar-refractivity contribution in [3.63, 3.8) is 0 Å². The predicted octanol–water partition coefficient (Wildman–Crippen LogP) is 2.56. The molecule has 17 heavy (non-hydrogen) atoms. The Morgan fingerprint density at radius 2 is 1.94 bits per heavy atom. The maximum Gasteiger partial charge on any atom is 0.255 e. The van der Waals surface area contributed by atoms with Crippen molar-refractivity contribution in [3.8, 4) is 0 Å². The summed E-state index contributed by atoms with van der Waals surface area (Å²) < 4.78 is 24.5. The average Bonchev–Trinajstić information content (AvgIpc) is 2.29. The first-order valence-electron chi connectivity index (χ1n) is 5.29. The van der Waals surface area contributed by atoms with Crippen molar-refractivity contribution < 1.29 is 13.6 Å². The van der Waals surface area contributed by atoms with Gasteiger partial charge in [0.25, 0.3) is 6.43 Å². The van der Waals surface area contributed by atoms with Crippen LogP contribution in [0.25, 0.3) is 0 Å². The fourth-order valence-corrected chi connectivity index (χ4v) is 1.67. The zero-order valence-electron chi connectivity index (χ0n) is 9.28. The highest BCUT2D eigenvalue weighted by Crippen LogP contribution is 2.05. The molecule has 0 fully saturated rings. The number of carbonyl (C=O) groups excluding carboxylic acids is 1. The standard InChI is InChI=1S/C12H14ClF2NO/c13-6-7-16(9-11(14)15)12(17)8-10-4-2-1-3-5-10/h1-5,11H,6-9H2. The number of alkyl halides is 3. The molecular weight excluding hydrogens is 248 g/mol. The van der Waals surface area contributed by atoms with Gasteiger partial charge in [0.05, 0.1) is 13.0 Å². The van der Waals surface area contributed by atoms with Crippen LogP contribution < -0.4 is 0 Å². The lowest BCUT2D eigenvalue weighted by atomic mass is 10.1. The van der Waals surface area contributed by atoms with Crippen molar-refractivity contribution >= 4 is 17.5 Å². The van der Waals surface area contributed by atoms with Gasteiger partial charge in [0.2, 0.25) is 5.91 Å². The Labute approximate surface area is 104 Å². The van der Waals surface area contributed by atoms with Crippen molar-refractivity contribution in [2.24, 2.45) is 0 Å². The smallest absolute Gasteiger partial charge is 0.255 e. The van der Waals surface area contributed by atoms with Crippen molar-refractivity contribution in [1.82, 2.24) is 4.90 Å². The minimum atomic E-state index is -2.53. The van der Waals surface area contributed by atoms with Gasteiger partial charge in [0, 0.05) is 12.4 Å². The van der Waals surface area contributed by atoms with E-state index in [0.29, 0.717) is 0 Å². The molecule has 0 saturated carbocycles. The third kappa shape index (κ3) is 5.13. The Balaban J connectivity index is 2.59. The lowest BCUT2D eigenvalue weighted by Gasteiger charge is -2.21. The first kappa shape index (κ1) is 13.9. The largest absolute Gasteiger partial charge is 0.335 e. The summed E-state index contributed by atoms with van der Waals surface area (Å²) in [7, 11) is 0. The topological polar surface area (TPSA) is 20.3 Å². The van der Waals surface area contributed by atoms with Gasteiger partial charge in [-0.2, -0.15) is 0 Å². The number of rotatable bonds is 6. The minimum absolute atomic E-state index is 0.129. The van der Waals surface area contributed by atoms with Gasteiger partial charge in [0.1, 0.15) is 0 Å². The number of benzene rings is 1. The molecule has 0 saturated heterocycles. The predicted molar refractivity (Wildman–Crippen MR) is 63.5 cm³/mol. The summed E-state index contributed by atoms with van der Waals surface area (Å²) in [5, 5.41) is 0. The molecule has 0 N–H and O–H groups in total. The molecule has 0 aliphatic rings. The molecule has 2 nitrogen and oxygen atoms in total. The summed E-state index contributed by atoms with van der Waals surface area (Å²) in [5.74, 6) is -0.162. The minimum Gasteiger partial charge on any atom is -0.335 e. The van der Waals surface area contributed by atoms with Crippen LogP contribution in [-0.4, -0.2) is 36.2 Å². The molecule has 0 aliphatic heterocycles. The fraction of sp³-hybridized carbons (Fsp3) is 0.417. The highest BCUT2D eigenvalue weighted by molar-refractivity contribution is 6.18. The molecule has 0 aliphatic carbocycles. The number of halogens is 3. The van der Waals surface area contributed by atoms with Crippen LogP contribution in [0.4, 0.5) is 8.78 Å². The molecule has 0 radical (unpaired) electrons. The van der Waals surface area contributed by atoms with Crippen LogP contribution in [0.3, 0.4) is 0 Å². The summed E-state index contributed by atoms with van der Waals surface area (Å²) in [6.45, 7) is -0.407. The third-order valence-electron chi connectivity index (χ3n) is 2.26. The normalized spacial score (nSPS) is 10.6. The van der Waals surface area contributed by atoms with Crippen molar-refractivity contribution in [3.05, 3.63) is 35.9 Å². The van der Waals surface area contributed by atoms with E-state index < -0.39 is 13.0 Å². The molecule has 0 heterocycles. The van der Waals surface area contributed by atoms with E-state index in [1.807, 2.05) is 18.2 Å². The SMILES string of the molecule is O=C(Cc1ccccc1)N(CCCl)CC(F)F. The summed E-state index contributed by atoms with van der Waals surface area (Å²) in [4.78, 5) is 12.9. The number of carbonyl (C=O) groups is 1. The van der Waals surface area contributed by atoms with E-state index in [2.05, 4.69) is 0 Å². The summed E-state index contributed by atoms with van der Waals surface area (Å²) >= 11 is 5.49. The summed E-state index contributed by atoms with van der Waals surface area (Å²) in [5.41, 5.74) is 0.811. The van der Waals surface area contributed by atoms with Gasteiger partial charge in [-0.25, -0.2) is 8.78 Å². The van der Waals surface area contributed by atoms with E-state index in [9.17, 15) is 13.6 Å². The third-order valence-corrected chi connectivity index (χ3v) is 2.43. The van der Waals surface area contributed by atoms with Crippen LogP contribution >= 0.6 is 11.6 Å². The van der Waals surface area contributed by atoms with Gasteiger partial charge in [-0.1, -0.05) is 30.3 Å². The molecule has 0 aromatic heterocycles. The molecule has 0 spiro atoms. The molecular formula is C12H14ClF2NO. The highest BCUT2D eigenvalue weighted by Gasteiger charge is 2.17. The van der Waals surface area contributed by atoms with Crippen molar-refractivity contribution in [2.75, 3.05) is 19.0 Å². The van der Waals surface area contributed by atoms with E-state index >= 15 is 0 Å². The maximum absolute atomic E-state index is 12.3. The fourth-order valence-electron chi connectivity index (χ4n) is 1.47. The number of hydrogen-bond donors (Lipinski definition) is 0. The zero-order chi connectivity index (χ0) is 12.7. The van der Waals surface area contributed by atoms with Crippen LogP contribution in [0.15, 0.2) is 30.3 Å². The maximum atomic E-state index is 12.3. The Bertz CT molecular complexity index is 346. The Kier molecular flexibility index (Phi) is 5.91. The van der Waals surface area contributed by atoms with Crippen LogP contribution in [0.2, 0.25) is 0 Å². The molecule has 1 rings (SSSR count). The van der Waals surface area contributed by atoms with Gasteiger partial charge in [-0.3, -0.25) is 4.79 Å². The van der Waals surface area contributed by atoms with E-state index in [1.165, 1.54) is 0 Å². The number of hydrogen-bond acceptors (Lipinski definition) is 1. The van der Waals surface area contributed by atoms with Gasteiger partial charge < -0.3 is 4.90 Å². The summed E-state index contributed by atoms with van der Waals surface area (Å²) in [6, 6.07) is 9.03. The van der Waals surface area contributed by atoms with E-state index in [1.54, 1.807) is 12.1 Å². The molecule has 94 valence electrons. The highest BCUT2D eigenvalue weighted by atomic mass is 35.5. The van der Waals surface area contributed by atoms with E-state index in [4.69, 9.17) is 11.6 Å². The second-order valence-electron chi connectivity index (χ2n) is 3.58. The quantitative estimate of drug-likeness (QED) is 0.721. The molecule has 1 amide bonds. The summed E-state index contributed by atoms with van der Waals surface area (Å²) in [6.07, 6.45) is -2.40. The lowest BCUT2D eigenvalue weighted by molar-refractivity contribution is -0.132. The van der Waals surface area contributed by atoms with Gasteiger partial charge in [-0.05, 0) is 5.56 Å². The second-order valence-corrected chi connectivity index (χ2v) is 3.96. The molecule has 5 heteroatoms. The average molecular weight is 262 g/mol. The second kappa shape index (κ2) is 7.22. The van der Waals surface area contributed by atoms with Crippen molar-refractivity contribution in [2.45, 2.75) is 12.8 Å². The molecule has 0 bridgehead atoms. The number of amides is 1. The number of nitrogens with zero attached hydrogens (tertiary/aromatic N) is 1. The molecule has 1 aromatic rings. The Morgan fingerprint density at radius 3 is 2.47 bits per heavy atom. The van der Waals surface area contributed by atoms with Gasteiger partial charge >= 0.3 is 0 Å². The van der Waals surface area contributed by atoms with Crippen LogP contribution in [-0.2, 0) is 11.2 Å². The molecule has 0 atom stereocenters. The van der Waals surface area contributed by atoms with E-state index in [0.717, 1.165) is 10.5 Å². The Morgan fingerprint density at radius 1 is 1.29 bits per heavy atom. The lowest BCUT2D eigenvalue weighted by Crippen LogP contribution is -2.37. The molecule has 1 aromatic carbocycles. The van der Waals surface area contributed by atoms with Gasteiger partial charge in [-0.15, -0.1) is 11.6 Å².